The van der Waals surface area contributed by atoms with Crippen LogP contribution in [0.2, 0.25) is 0 Å². The molecule has 2 atom stereocenters. The molecule has 110 valence electrons. The Morgan fingerprint density at radius 2 is 2.40 bits per heavy atom. The summed E-state index contributed by atoms with van der Waals surface area (Å²) in [6, 6.07) is 3.43. The number of hydrogen-bond donors (Lipinski definition) is 1. The Bertz CT molecular complexity index is 473. The lowest BCUT2D eigenvalue weighted by molar-refractivity contribution is -0.385. The predicted octanol–water partition coefficient (Wildman–Crippen LogP) is 3.06. The Morgan fingerprint density at radius 3 is 3.00 bits per heavy atom. The highest BCUT2D eigenvalue weighted by Crippen LogP contribution is 2.21. The minimum Gasteiger partial charge on any atom is -0.378 e. The van der Waals surface area contributed by atoms with Gasteiger partial charge in [-0.3, -0.25) is 10.1 Å². The second-order valence-electron chi connectivity index (χ2n) is 5.32. The van der Waals surface area contributed by atoms with E-state index in [2.05, 4.69) is 17.2 Å². The molecule has 20 heavy (non-hydrogen) atoms. The molecule has 0 amide bonds. The van der Waals surface area contributed by atoms with E-state index in [1.54, 1.807) is 13.0 Å². The Morgan fingerprint density at radius 1 is 1.60 bits per heavy atom. The molecule has 6 nitrogen and oxygen atoms in total. The van der Waals surface area contributed by atoms with Gasteiger partial charge in [-0.05, 0) is 45.6 Å². The highest BCUT2D eigenvalue weighted by molar-refractivity contribution is 5.45. The van der Waals surface area contributed by atoms with Gasteiger partial charge in [0.25, 0.3) is 5.69 Å². The second kappa shape index (κ2) is 6.65. The maximum absolute atomic E-state index is 10.7. The lowest BCUT2D eigenvalue weighted by atomic mass is 10.1. The van der Waals surface area contributed by atoms with Gasteiger partial charge in [0.2, 0.25) is 0 Å². The number of nitro groups is 1. The van der Waals surface area contributed by atoms with Gasteiger partial charge in [0.1, 0.15) is 11.5 Å². The quantitative estimate of drug-likeness (QED) is 0.639. The normalized spacial score (nSPS) is 19.8. The molecule has 2 heterocycles. The van der Waals surface area contributed by atoms with Crippen LogP contribution in [0.4, 0.5) is 11.5 Å². The molecule has 1 fully saturated rings. The summed E-state index contributed by atoms with van der Waals surface area (Å²) in [7, 11) is 0. The summed E-state index contributed by atoms with van der Waals surface area (Å²) in [5.41, 5.74) is 0.494. The van der Waals surface area contributed by atoms with Gasteiger partial charge in [0.05, 0.1) is 11.0 Å². The number of nitrogens with zero attached hydrogens (tertiary/aromatic N) is 2. The van der Waals surface area contributed by atoms with Crippen molar-refractivity contribution in [3.63, 3.8) is 0 Å². The summed E-state index contributed by atoms with van der Waals surface area (Å²) in [4.78, 5) is 14.6. The fourth-order valence-electron chi connectivity index (χ4n) is 2.46. The topological polar surface area (TPSA) is 77.3 Å². The number of hydrogen-bond acceptors (Lipinski definition) is 5. The maximum Gasteiger partial charge on any atom is 0.290 e. The first-order chi connectivity index (χ1) is 9.56. The van der Waals surface area contributed by atoms with Crippen molar-refractivity contribution < 1.29 is 9.66 Å². The highest BCUT2D eigenvalue weighted by atomic mass is 16.6. The molecule has 2 rings (SSSR count). The molecule has 1 aromatic heterocycles. The third-order valence-corrected chi connectivity index (χ3v) is 3.59. The van der Waals surface area contributed by atoms with Crippen molar-refractivity contribution in [2.45, 2.75) is 51.7 Å². The minimum absolute atomic E-state index is 0.0579. The van der Waals surface area contributed by atoms with Crippen LogP contribution >= 0.6 is 0 Å². The van der Waals surface area contributed by atoms with Crippen LogP contribution in [0, 0.1) is 17.0 Å². The highest BCUT2D eigenvalue weighted by Gasteiger charge is 2.17. The third-order valence-electron chi connectivity index (χ3n) is 3.59. The molecule has 0 aliphatic carbocycles. The third kappa shape index (κ3) is 3.90. The first-order valence-electron chi connectivity index (χ1n) is 7.06. The van der Waals surface area contributed by atoms with E-state index >= 15 is 0 Å². The van der Waals surface area contributed by atoms with Gasteiger partial charge in [-0.2, -0.15) is 0 Å². The summed E-state index contributed by atoms with van der Waals surface area (Å²) >= 11 is 0. The van der Waals surface area contributed by atoms with Crippen LogP contribution in [0.25, 0.3) is 0 Å². The molecule has 0 spiro atoms. The van der Waals surface area contributed by atoms with Crippen molar-refractivity contribution in [3.05, 3.63) is 27.9 Å². The molecule has 1 saturated heterocycles. The van der Waals surface area contributed by atoms with Crippen molar-refractivity contribution in [1.29, 1.82) is 0 Å². The van der Waals surface area contributed by atoms with Gasteiger partial charge in [0, 0.05) is 18.7 Å². The van der Waals surface area contributed by atoms with E-state index in [1.807, 2.05) is 0 Å². The Kier molecular flexibility index (Phi) is 4.89. The minimum atomic E-state index is -0.410. The smallest absolute Gasteiger partial charge is 0.290 e. The molecular formula is C14H21N3O3. The van der Waals surface area contributed by atoms with Crippen LogP contribution < -0.4 is 5.32 Å². The predicted molar refractivity (Wildman–Crippen MR) is 76.9 cm³/mol. The van der Waals surface area contributed by atoms with Crippen LogP contribution in [0.15, 0.2) is 12.1 Å². The maximum atomic E-state index is 10.7. The lowest BCUT2D eigenvalue weighted by Crippen LogP contribution is -2.19. The van der Waals surface area contributed by atoms with Crippen LogP contribution in [0.3, 0.4) is 0 Å². The molecule has 1 N–H and O–H groups in total. The zero-order chi connectivity index (χ0) is 14.5. The zero-order valence-corrected chi connectivity index (χ0v) is 12.0. The van der Waals surface area contributed by atoms with E-state index in [1.165, 1.54) is 6.07 Å². The molecule has 0 saturated carbocycles. The van der Waals surface area contributed by atoms with E-state index < -0.39 is 4.92 Å². The molecule has 0 aromatic carbocycles. The van der Waals surface area contributed by atoms with Crippen LogP contribution in [-0.4, -0.2) is 28.7 Å². The first-order valence-corrected chi connectivity index (χ1v) is 7.06. The number of aromatic nitrogens is 1. The molecule has 0 unspecified atom stereocenters. The fraction of sp³-hybridized carbons (Fsp3) is 0.643. The van der Waals surface area contributed by atoms with Crippen molar-refractivity contribution in [2.75, 3.05) is 11.9 Å². The number of pyridine rings is 1. The molecule has 1 aliphatic heterocycles. The number of ether oxygens (including phenoxy) is 1. The second-order valence-corrected chi connectivity index (χ2v) is 5.32. The SMILES string of the molecule is Cc1nc(N[C@H](C)CC[C@@H]2CCCO2)ccc1[N+](=O)[O-]. The van der Waals surface area contributed by atoms with Crippen LogP contribution in [0.1, 0.15) is 38.3 Å². The first kappa shape index (κ1) is 14.7. The average Bonchev–Trinajstić information content (AvgIpc) is 2.89. The average molecular weight is 279 g/mol. The molecule has 1 aromatic rings. The summed E-state index contributed by atoms with van der Waals surface area (Å²) in [6.45, 7) is 4.63. The molecular weight excluding hydrogens is 258 g/mol. The van der Waals surface area contributed by atoms with Gasteiger partial charge in [0.15, 0.2) is 0 Å². The summed E-state index contributed by atoms with van der Waals surface area (Å²) in [5.74, 6) is 0.688. The van der Waals surface area contributed by atoms with Crippen molar-refractivity contribution in [3.8, 4) is 0 Å². The van der Waals surface area contributed by atoms with Crippen LogP contribution in [-0.2, 0) is 4.74 Å². The number of aryl methyl sites for hydroxylation is 1. The van der Waals surface area contributed by atoms with Crippen molar-refractivity contribution >= 4 is 11.5 Å². The zero-order valence-electron chi connectivity index (χ0n) is 12.0. The van der Waals surface area contributed by atoms with E-state index in [-0.39, 0.29) is 11.7 Å². The Hall–Kier alpha value is -1.69. The van der Waals surface area contributed by atoms with E-state index in [4.69, 9.17) is 4.74 Å². The van der Waals surface area contributed by atoms with Gasteiger partial charge in [-0.15, -0.1) is 0 Å². The number of anilines is 1. The summed E-state index contributed by atoms with van der Waals surface area (Å²) in [6.07, 6.45) is 4.76. The number of nitrogens with one attached hydrogen (secondary N) is 1. The molecule has 6 heteroatoms. The molecule has 0 radical (unpaired) electrons. The fourth-order valence-corrected chi connectivity index (χ4v) is 2.46. The van der Waals surface area contributed by atoms with Gasteiger partial charge < -0.3 is 10.1 Å². The van der Waals surface area contributed by atoms with Gasteiger partial charge >= 0.3 is 0 Å². The monoisotopic (exact) mass is 279 g/mol. The summed E-state index contributed by atoms with van der Waals surface area (Å²) in [5, 5.41) is 14.0. The Balaban J connectivity index is 1.85. The van der Waals surface area contributed by atoms with Gasteiger partial charge in [-0.1, -0.05) is 0 Å². The van der Waals surface area contributed by atoms with Crippen LogP contribution in [0.5, 0.6) is 0 Å². The van der Waals surface area contributed by atoms with E-state index in [0.717, 1.165) is 32.3 Å². The van der Waals surface area contributed by atoms with Gasteiger partial charge in [-0.25, -0.2) is 4.98 Å². The standard InChI is InChI=1S/C14H21N3O3/c1-10(5-6-12-4-3-9-20-12)15-14-8-7-13(17(18)19)11(2)16-14/h7-8,10,12H,3-6,9H2,1-2H3,(H,15,16)/t10-,12+/m1/s1. The van der Waals surface area contributed by atoms with Crippen molar-refractivity contribution in [1.82, 2.24) is 4.98 Å². The van der Waals surface area contributed by atoms with E-state index in [9.17, 15) is 10.1 Å². The molecule has 0 bridgehead atoms. The van der Waals surface area contributed by atoms with E-state index in [0.29, 0.717) is 17.6 Å². The molecule has 1 aliphatic rings. The van der Waals surface area contributed by atoms with Crippen molar-refractivity contribution in [2.24, 2.45) is 0 Å². The Labute approximate surface area is 118 Å². The summed E-state index contributed by atoms with van der Waals surface area (Å²) < 4.78 is 5.60. The lowest BCUT2D eigenvalue weighted by Gasteiger charge is -2.17. The largest absolute Gasteiger partial charge is 0.378 e. The number of rotatable bonds is 6.